The molecule has 82 valence electrons. The lowest BCUT2D eigenvalue weighted by Crippen LogP contribution is -2.18. The Morgan fingerprint density at radius 2 is 2.13 bits per heavy atom. The Labute approximate surface area is 98.3 Å². The summed E-state index contributed by atoms with van der Waals surface area (Å²) in [5, 5.41) is 10.1. The molecule has 4 heteroatoms. The summed E-state index contributed by atoms with van der Waals surface area (Å²) in [5.41, 5.74) is 0.870. The maximum atomic E-state index is 9.59. The number of aliphatic hydroxyl groups excluding tert-OH is 1. The van der Waals surface area contributed by atoms with Crippen LogP contribution >= 0.6 is 15.9 Å². The van der Waals surface area contributed by atoms with E-state index in [4.69, 9.17) is 0 Å². The Bertz CT molecular complexity index is 309. The van der Waals surface area contributed by atoms with Crippen LogP contribution in [0.2, 0.25) is 0 Å². The van der Waals surface area contributed by atoms with Crippen molar-refractivity contribution in [2.24, 2.45) is 0 Å². The number of aromatic nitrogens is 1. The average molecular weight is 271 g/mol. The molecule has 0 spiro atoms. The molecule has 0 aliphatic carbocycles. The first-order chi connectivity index (χ1) is 7.31. The summed E-state index contributed by atoms with van der Waals surface area (Å²) in [6.45, 7) is 2.21. The van der Waals surface area contributed by atoms with Crippen LogP contribution in [0.3, 0.4) is 0 Å². The highest BCUT2D eigenvalue weighted by Crippen LogP contribution is 2.20. The fourth-order valence-electron chi connectivity index (χ4n) is 1.82. The second-order valence-electron chi connectivity index (χ2n) is 3.81. The van der Waals surface area contributed by atoms with Crippen molar-refractivity contribution >= 4 is 21.7 Å². The second-order valence-corrected chi connectivity index (χ2v) is 4.46. The van der Waals surface area contributed by atoms with Crippen molar-refractivity contribution in [3.63, 3.8) is 0 Å². The summed E-state index contributed by atoms with van der Waals surface area (Å²) in [6.07, 6.45) is 3.82. The summed E-state index contributed by atoms with van der Waals surface area (Å²) in [7, 11) is 0. The van der Waals surface area contributed by atoms with Gasteiger partial charge in [0.1, 0.15) is 5.82 Å². The van der Waals surface area contributed by atoms with Gasteiger partial charge in [-0.2, -0.15) is 0 Å². The van der Waals surface area contributed by atoms with E-state index < -0.39 is 6.10 Å². The van der Waals surface area contributed by atoms with Crippen LogP contribution in [0.25, 0.3) is 0 Å². The Kier molecular flexibility index (Phi) is 3.59. The van der Waals surface area contributed by atoms with E-state index in [-0.39, 0.29) is 0 Å². The highest BCUT2D eigenvalue weighted by atomic mass is 79.9. The molecule has 2 heterocycles. The Morgan fingerprint density at radius 1 is 1.40 bits per heavy atom. The highest BCUT2D eigenvalue weighted by molar-refractivity contribution is 9.09. The molecule has 0 aromatic carbocycles. The van der Waals surface area contributed by atoms with E-state index in [2.05, 4.69) is 25.8 Å². The van der Waals surface area contributed by atoms with Gasteiger partial charge in [-0.1, -0.05) is 22.0 Å². The largest absolute Gasteiger partial charge is 0.387 e. The summed E-state index contributed by atoms with van der Waals surface area (Å²) < 4.78 is 0. The fraction of sp³-hybridized carbons (Fsp3) is 0.545. The van der Waals surface area contributed by atoms with Crippen LogP contribution in [0.5, 0.6) is 0 Å². The van der Waals surface area contributed by atoms with Gasteiger partial charge < -0.3 is 10.0 Å². The molecule has 0 bridgehead atoms. The SMILES string of the molecule is OC(CBr)c1ccc(N2CCCC2)nc1. The Balaban J connectivity index is 2.09. The second kappa shape index (κ2) is 4.94. The van der Waals surface area contributed by atoms with E-state index in [9.17, 15) is 5.11 Å². The maximum Gasteiger partial charge on any atom is 0.128 e. The molecule has 1 aliphatic heterocycles. The summed E-state index contributed by atoms with van der Waals surface area (Å²) in [6, 6.07) is 3.94. The van der Waals surface area contributed by atoms with Crippen molar-refractivity contribution in [2.75, 3.05) is 23.3 Å². The predicted molar refractivity (Wildman–Crippen MR) is 64.4 cm³/mol. The van der Waals surface area contributed by atoms with Crippen molar-refractivity contribution < 1.29 is 5.11 Å². The molecule has 1 aromatic rings. The van der Waals surface area contributed by atoms with Crippen LogP contribution < -0.4 is 4.90 Å². The number of alkyl halides is 1. The lowest BCUT2D eigenvalue weighted by molar-refractivity contribution is 0.205. The number of hydrogen-bond donors (Lipinski definition) is 1. The molecule has 1 fully saturated rings. The quantitative estimate of drug-likeness (QED) is 0.855. The maximum absolute atomic E-state index is 9.59. The van der Waals surface area contributed by atoms with Gasteiger partial charge >= 0.3 is 0 Å². The van der Waals surface area contributed by atoms with Crippen LogP contribution in [0.1, 0.15) is 24.5 Å². The smallest absolute Gasteiger partial charge is 0.128 e. The molecule has 0 amide bonds. The summed E-state index contributed by atoms with van der Waals surface area (Å²) in [5.74, 6) is 1.03. The molecule has 15 heavy (non-hydrogen) atoms. The third-order valence-electron chi connectivity index (χ3n) is 2.73. The Hall–Kier alpha value is -0.610. The average Bonchev–Trinajstić information content (AvgIpc) is 2.82. The lowest BCUT2D eigenvalue weighted by atomic mass is 10.2. The first-order valence-electron chi connectivity index (χ1n) is 5.26. The minimum atomic E-state index is -0.454. The first kappa shape index (κ1) is 10.9. The number of pyridine rings is 1. The number of halogens is 1. The molecule has 1 aliphatic rings. The minimum absolute atomic E-state index is 0.454. The van der Waals surface area contributed by atoms with Gasteiger partial charge in [-0.25, -0.2) is 4.98 Å². The van der Waals surface area contributed by atoms with Crippen molar-refractivity contribution in [3.05, 3.63) is 23.9 Å². The molecule has 3 nitrogen and oxygen atoms in total. The van der Waals surface area contributed by atoms with Gasteiger partial charge in [-0.3, -0.25) is 0 Å². The lowest BCUT2D eigenvalue weighted by Gasteiger charge is -2.16. The van der Waals surface area contributed by atoms with E-state index in [1.807, 2.05) is 12.1 Å². The number of rotatable bonds is 3. The van der Waals surface area contributed by atoms with Gasteiger partial charge in [0.25, 0.3) is 0 Å². The van der Waals surface area contributed by atoms with E-state index in [0.717, 1.165) is 24.5 Å². The van der Waals surface area contributed by atoms with Crippen LogP contribution in [0.4, 0.5) is 5.82 Å². The zero-order valence-electron chi connectivity index (χ0n) is 8.56. The zero-order chi connectivity index (χ0) is 10.7. The number of nitrogens with zero attached hydrogens (tertiary/aromatic N) is 2. The van der Waals surface area contributed by atoms with Gasteiger partial charge in [-0.05, 0) is 24.5 Å². The van der Waals surface area contributed by atoms with Gasteiger partial charge in [0.05, 0.1) is 6.10 Å². The molecule has 1 unspecified atom stereocenters. The third-order valence-corrected chi connectivity index (χ3v) is 3.35. The van der Waals surface area contributed by atoms with Crippen LogP contribution in [-0.4, -0.2) is 28.5 Å². The third kappa shape index (κ3) is 2.49. The van der Waals surface area contributed by atoms with Gasteiger partial charge in [0.2, 0.25) is 0 Å². The monoisotopic (exact) mass is 270 g/mol. The van der Waals surface area contributed by atoms with E-state index in [0.29, 0.717) is 5.33 Å². The molecule has 0 saturated carbocycles. The van der Waals surface area contributed by atoms with E-state index in [1.165, 1.54) is 12.8 Å². The van der Waals surface area contributed by atoms with E-state index >= 15 is 0 Å². The molecule has 1 N–H and O–H groups in total. The zero-order valence-corrected chi connectivity index (χ0v) is 10.2. The first-order valence-corrected chi connectivity index (χ1v) is 6.38. The van der Waals surface area contributed by atoms with Crippen LogP contribution in [0.15, 0.2) is 18.3 Å². The number of aliphatic hydroxyl groups is 1. The Morgan fingerprint density at radius 3 is 2.67 bits per heavy atom. The number of hydrogen-bond acceptors (Lipinski definition) is 3. The fourth-order valence-corrected chi connectivity index (χ4v) is 2.19. The van der Waals surface area contributed by atoms with Gasteiger partial charge in [0.15, 0.2) is 0 Å². The molecular weight excluding hydrogens is 256 g/mol. The molecule has 1 aromatic heterocycles. The molecule has 2 rings (SSSR count). The van der Waals surface area contributed by atoms with E-state index in [1.54, 1.807) is 6.20 Å². The van der Waals surface area contributed by atoms with Crippen molar-refractivity contribution in [1.82, 2.24) is 4.98 Å². The predicted octanol–water partition coefficient (Wildman–Crippen LogP) is 2.11. The van der Waals surface area contributed by atoms with Crippen molar-refractivity contribution in [3.8, 4) is 0 Å². The summed E-state index contributed by atoms with van der Waals surface area (Å²) >= 11 is 3.25. The normalized spacial score (nSPS) is 18.1. The van der Waals surface area contributed by atoms with Crippen molar-refractivity contribution in [2.45, 2.75) is 18.9 Å². The minimum Gasteiger partial charge on any atom is -0.387 e. The van der Waals surface area contributed by atoms with Crippen LogP contribution in [-0.2, 0) is 0 Å². The molecule has 1 atom stereocenters. The molecule has 0 radical (unpaired) electrons. The van der Waals surface area contributed by atoms with Crippen LogP contribution in [0, 0.1) is 0 Å². The van der Waals surface area contributed by atoms with Gasteiger partial charge in [-0.15, -0.1) is 0 Å². The topological polar surface area (TPSA) is 36.4 Å². The molecular formula is C11H15BrN2O. The highest BCUT2D eigenvalue weighted by Gasteiger charge is 2.13. The van der Waals surface area contributed by atoms with Gasteiger partial charge in [0, 0.05) is 24.6 Å². The summed E-state index contributed by atoms with van der Waals surface area (Å²) in [4.78, 5) is 6.66. The van der Waals surface area contributed by atoms with Crippen molar-refractivity contribution in [1.29, 1.82) is 0 Å². The molecule has 1 saturated heterocycles. The standard InChI is InChI=1S/C11H15BrN2O/c12-7-10(15)9-3-4-11(13-8-9)14-5-1-2-6-14/h3-4,8,10,15H,1-2,5-7H2. The number of anilines is 1.